The van der Waals surface area contributed by atoms with E-state index in [9.17, 15) is 19.1 Å². The number of hydrogen-bond acceptors (Lipinski definition) is 6. The Labute approximate surface area is 196 Å². The quantitative estimate of drug-likeness (QED) is 0.618. The fraction of sp³-hybridized carbons (Fsp3) is 0.478. The smallest absolute Gasteiger partial charge is 0.405 e. The number of halogens is 2. The van der Waals surface area contributed by atoms with Crippen molar-refractivity contribution < 1.29 is 19.1 Å². The number of carbonyl (C=O) groups excluding carboxylic acids is 1. The van der Waals surface area contributed by atoms with Crippen LogP contribution in [0.15, 0.2) is 24.5 Å². The van der Waals surface area contributed by atoms with Gasteiger partial charge in [-0.2, -0.15) is 0 Å². The van der Waals surface area contributed by atoms with E-state index in [1.807, 2.05) is 4.90 Å². The Morgan fingerprint density at radius 3 is 2.79 bits per heavy atom. The molecule has 8 nitrogen and oxygen atoms in total. The molecule has 2 aliphatic rings. The summed E-state index contributed by atoms with van der Waals surface area (Å²) in [5.74, 6) is 0.726. The molecule has 4 rings (SSSR count). The highest BCUT2D eigenvalue weighted by molar-refractivity contribution is 6.30. The van der Waals surface area contributed by atoms with E-state index in [-0.39, 0.29) is 11.1 Å². The number of fused-ring (bicyclic) bond motifs is 1. The second-order valence-electron chi connectivity index (χ2n) is 8.76. The topological polar surface area (TPSA) is 98.7 Å². The van der Waals surface area contributed by atoms with Crippen molar-refractivity contribution in [3.05, 3.63) is 52.2 Å². The van der Waals surface area contributed by atoms with Crippen LogP contribution in [0.25, 0.3) is 0 Å². The van der Waals surface area contributed by atoms with Gasteiger partial charge in [-0.15, -0.1) is 0 Å². The van der Waals surface area contributed by atoms with Crippen LogP contribution >= 0.6 is 11.6 Å². The van der Waals surface area contributed by atoms with Gasteiger partial charge < -0.3 is 20.1 Å². The first-order valence-corrected chi connectivity index (χ1v) is 11.4. The summed E-state index contributed by atoms with van der Waals surface area (Å²) in [7, 11) is 0. The maximum atomic E-state index is 14.3. The van der Waals surface area contributed by atoms with Crippen LogP contribution in [-0.4, -0.2) is 64.1 Å². The van der Waals surface area contributed by atoms with Gasteiger partial charge in [-0.3, -0.25) is 4.90 Å². The first-order chi connectivity index (χ1) is 15.8. The molecule has 1 unspecified atom stereocenters. The predicted octanol–water partition coefficient (Wildman–Crippen LogP) is 3.41. The van der Waals surface area contributed by atoms with Gasteiger partial charge in [0, 0.05) is 36.9 Å². The van der Waals surface area contributed by atoms with E-state index >= 15 is 0 Å². The summed E-state index contributed by atoms with van der Waals surface area (Å²) in [6, 6.07) is 2.61. The number of rotatable bonds is 6. The van der Waals surface area contributed by atoms with E-state index in [0.717, 1.165) is 24.4 Å². The van der Waals surface area contributed by atoms with Crippen LogP contribution in [0.3, 0.4) is 0 Å². The molecule has 4 atom stereocenters. The molecule has 1 aliphatic carbocycles. The first-order valence-electron chi connectivity index (χ1n) is 11.0. The Morgan fingerprint density at radius 1 is 1.33 bits per heavy atom. The van der Waals surface area contributed by atoms with Gasteiger partial charge >= 0.3 is 6.09 Å². The lowest BCUT2D eigenvalue weighted by molar-refractivity contribution is -0.111. The minimum absolute atomic E-state index is 0.0299. The maximum absolute atomic E-state index is 14.3. The fourth-order valence-electron chi connectivity index (χ4n) is 5.08. The van der Waals surface area contributed by atoms with Crippen LogP contribution in [-0.2, 0) is 11.2 Å². The molecule has 33 heavy (non-hydrogen) atoms. The molecule has 10 heteroatoms. The average molecular weight is 476 g/mol. The summed E-state index contributed by atoms with van der Waals surface area (Å²) in [4.78, 5) is 36.5. The molecule has 2 heterocycles. The zero-order chi connectivity index (χ0) is 23.7. The van der Waals surface area contributed by atoms with Crippen LogP contribution in [0, 0.1) is 5.82 Å². The molecule has 176 valence electrons. The number of hydrogen-bond donors (Lipinski definition) is 2. The summed E-state index contributed by atoms with van der Waals surface area (Å²) in [5.41, 5.74) is 2.79. The molecule has 2 aromatic rings. The number of piperazine rings is 1. The summed E-state index contributed by atoms with van der Waals surface area (Å²) >= 11 is 5.85. The second-order valence-corrected chi connectivity index (χ2v) is 9.17. The lowest BCUT2D eigenvalue weighted by Gasteiger charge is -2.45. The minimum atomic E-state index is -1.32. The second kappa shape index (κ2) is 9.61. The number of nitrogens with zero attached hydrogens (tertiary/aromatic N) is 4. The van der Waals surface area contributed by atoms with Crippen LogP contribution in [0.2, 0.25) is 5.02 Å². The fourth-order valence-corrected chi connectivity index (χ4v) is 5.19. The van der Waals surface area contributed by atoms with Gasteiger partial charge in [-0.1, -0.05) is 24.6 Å². The van der Waals surface area contributed by atoms with Crippen molar-refractivity contribution in [2.24, 2.45) is 0 Å². The Morgan fingerprint density at radius 2 is 2.12 bits per heavy atom. The minimum Gasteiger partial charge on any atom is -0.465 e. The number of aromatic nitrogens is 2. The molecule has 1 saturated heterocycles. The first kappa shape index (κ1) is 23.4. The van der Waals surface area contributed by atoms with Gasteiger partial charge in [0.2, 0.25) is 0 Å². The van der Waals surface area contributed by atoms with E-state index in [1.54, 1.807) is 12.4 Å². The van der Waals surface area contributed by atoms with Crippen molar-refractivity contribution in [3.8, 4) is 0 Å². The van der Waals surface area contributed by atoms with Crippen LogP contribution < -0.4 is 10.2 Å². The summed E-state index contributed by atoms with van der Waals surface area (Å²) < 4.78 is 14.3. The molecule has 0 radical (unpaired) electrons. The van der Waals surface area contributed by atoms with Gasteiger partial charge in [0.25, 0.3) is 0 Å². The normalized spacial score (nSPS) is 22.5. The third kappa shape index (κ3) is 4.65. The van der Waals surface area contributed by atoms with Gasteiger partial charge in [0.05, 0.1) is 11.1 Å². The molecule has 1 amide bonds. The highest BCUT2D eigenvalue weighted by atomic mass is 35.5. The van der Waals surface area contributed by atoms with Gasteiger partial charge in [-0.05, 0) is 43.4 Å². The highest BCUT2D eigenvalue weighted by Crippen LogP contribution is 2.38. The molecule has 1 fully saturated rings. The summed E-state index contributed by atoms with van der Waals surface area (Å²) in [6.45, 7) is 5.96. The molecule has 2 N–H and O–H groups in total. The number of amides is 1. The van der Waals surface area contributed by atoms with E-state index in [1.165, 1.54) is 17.7 Å². The van der Waals surface area contributed by atoms with Crippen molar-refractivity contribution in [2.45, 2.75) is 50.7 Å². The Kier molecular flexibility index (Phi) is 6.81. The van der Waals surface area contributed by atoms with Crippen LogP contribution in [0.4, 0.5) is 15.0 Å². The number of anilines is 1. The number of nitrogens with one attached hydrogen (secondary N) is 1. The lowest BCUT2D eigenvalue weighted by Crippen LogP contribution is -2.57. The number of aryl methyl sites for hydroxylation is 1. The number of benzene rings is 1. The molecular weight excluding hydrogens is 449 g/mol. The van der Waals surface area contributed by atoms with Gasteiger partial charge in [0.15, 0.2) is 0 Å². The molecular formula is C23H27ClFN5O3. The van der Waals surface area contributed by atoms with E-state index in [4.69, 9.17) is 11.6 Å². The Balaban J connectivity index is 1.63. The Hall–Kier alpha value is -2.78. The molecule has 1 aliphatic heterocycles. The highest BCUT2D eigenvalue weighted by Gasteiger charge is 2.37. The SMILES string of the molecule is C[C@@H]1CCc2ncnc(N3CCN([C@@H](c4ccc(Cl)c(F)c4)C(C=O)NC(=O)O)C[C@@H]3C)c21. The lowest BCUT2D eigenvalue weighted by atomic mass is 9.96. The van der Waals surface area contributed by atoms with Crippen LogP contribution in [0.5, 0.6) is 0 Å². The summed E-state index contributed by atoms with van der Waals surface area (Å²) in [6.07, 6.45) is 2.86. The zero-order valence-electron chi connectivity index (χ0n) is 18.5. The molecule has 1 aromatic heterocycles. The van der Waals surface area contributed by atoms with Crippen molar-refractivity contribution >= 4 is 29.8 Å². The Bertz CT molecular complexity index is 1050. The van der Waals surface area contributed by atoms with Gasteiger partial charge in [-0.25, -0.2) is 19.2 Å². The number of carbonyl (C=O) groups is 2. The van der Waals surface area contributed by atoms with E-state index < -0.39 is 24.0 Å². The summed E-state index contributed by atoms with van der Waals surface area (Å²) in [5, 5.41) is 11.5. The largest absolute Gasteiger partial charge is 0.465 e. The van der Waals surface area contributed by atoms with Crippen LogP contribution in [0.1, 0.15) is 49.0 Å². The molecule has 0 bridgehead atoms. The molecule has 0 spiro atoms. The monoisotopic (exact) mass is 475 g/mol. The average Bonchev–Trinajstić information content (AvgIpc) is 3.17. The van der Waals surface area contributed by atoms with Crippen molar-refractivity contribution in [2.75, 3.05) is 24.5 Å². The third-order valence-corrected chi connectivity index (χ3v) is 6.95. The van der Waals surface area contributed by atoms with Crippen molar-refractivity contribution in [3.63, 3.8) is 0 Å². The number of carboxylic acid groups (broad SMARTS) is 1. The zero-order valence-corrected chi connectivity index (χ0v) is 19.3. The van der Waals surface area contributed by atoms with Crippen molar-refractivity contribution in [1.29, 1.82) is 0 Å². The standard InChI is InChI=1S/C23H27ClFN5O3/c1-13-3-6-18-20(13)22(27-12-26-18)30-8-7-29(10-14(30)2)21(19(11-31)28-23(32)33)15-4-5-16(24)17(25)9-15/h4-5,9,11-14,19,21,28H,3,6-8,10H2,1-2H3,(H,32,33)/t13-,14+,19?,21+/m1/s1. The number of aldehydes is 1. The maximum Gasteiger partial charge on any atom is 0.405 e. The molecule has 0 saturated carbocycles. The van der Waals surface area contributed by atoms with Crippen molar-refractivity contribution in [1.82, 2.24) is 20.2 Å². The van der Waals surface area contributed by atoms with E-state index in [0.29, 0.717) is 37.4 Å². The predicted molar refractivity (Wildman–Crippen MR) is 122 cm³/mol. The third-order valence-electron chi connectivity index (χ3n) is 6.64. The molecule has 1 aromatic carbocycles. The van der Waals surface area contributed by atoms with Gasteiger partial charge in [0.1, 0.15) is 30.3 Å². The van der Waals surface area contributed by atoms with E-state index in [2.05, 4.69) is 34.0 Å².